The molecule has 0 saturated heterocycles. The van der Waals surface area contributed by atoms with E-state index in [1.807, 2.05) is 20.2 Å². The van der Waals surface area contributed by atoms with E-state index in [2.05, 4.69) is 4.98 Å². The molecule has 3 rings (SSSR count). The van der Waals surface area contributed by atoms with Crippen molar-refractivity contribution in [3.05, 3.63) is 65.6 Å². The smallest absolute Gasteiger partial charge is 0.290 e. The maximum atomic E-state index is 12.9. The molecule has 0 saturated carbocycles. The summed E-state index contributed by atoms with van der Waals surface area (Å²) < 4.78 is 5.19. The van der Waals surface area contributed by atoms with Crippen molar-refractivity contribution in [1.29, 1.82) is 0 Å². The molecule has 26 heavy (non-hydrogen) atoms. The molecular weight excluding hydrogens is 334 g/mol. The van der Waals surface area contributed by atoms with E-state index in [-0.39, 0.29) is 11.3 Å². The van der Waals surface area contributed by atoms with Gasteiger partial charge in [0.1, 0.15) is 0 Å². The Hall–Kier alpha value is -2.93. The lowest BCUT2D eigenvalue weighted by molar-refractivity contribution is -0.858. The van der Waals surface area contributed by atoms with E-state index in [1.165, 1.54) is 17.2 Å². The van der Waals surface area contributed by atoms with Gasteiger partial charge >= 0.3 is 0 Å². The first kappa shape index (κ1) is 17.9. The molecule has 1 atom stereocenters. The number of Topliss-reactive ketones (excluding diaryl/α,β-unsaturated/α-hetero) is 1. The number of hydrogen-bond donors (Lipinski definition) is 2. The molecule has 2 aromatic heterocycles. The van der Waals surface area contributed by atoms with Gasteiger partial charge in [-0.2, -0.15) is 0 Å². The number of carbonyl (C=O) groups is 2. The van der Waals surface area contributed by atoms with Crippen LogP contribution in [0.1, 0.15) is 28.6 Å². The van der Waals surface area contributed by atoms with E-state index >= 15 is 0 Å². The predicted octanol–water partition coefficient (Wildman–Crippen LogP) is 0.207. The fraction of sp³-hybridized carbons (Fsp3) is 0.316. The maximum Gasteiger partial charge on any atom is 0.290 e. The van der Waals surface area contributed by atoms with E-state index in [9.17, 15) is 14.7 Å². The number of aromatic nitrogens is 1. The summed E-state index contributed by atoms with van der Waals surface area (Å²) in [5.41, 5.74) is 0.791. The molecule has 3 heterocycles. The van der Waals surface area contributed by atoms with E-state index in [4.69, 9.17) is 4.42 Å². The lowest BCUT2D eigenvalue weighted by Gasteiger charge is -2.25. The first-order valence-corrected chi connectivity index (χ1v) is 8.58. The minimum Gasteiger partial charge on any atom is -0.503 e. The summed E-state index contributed by atoms with van der Waals surface area (Å²) in [6.07, 6.45) is 5.63. The van der Waals surface area contributed by atoms with Crippen LogP contribution in [0.5, 0.6) is 0 Å². The van der Waals surface area contributed by atoms with Gasteiger partial charge in [-0.15, -0.1) is 0 Å². The highest BCUT2D eigenvalue weighted by Gasteiger charge is 2.44. The number of ketones is 1. The fourth-order valence-corrected chi connectivity index (χ4v) is 3.18. The number of aliphatic hydroxyl groups is 1. The average molecular weight is 357 g/mol. The van der Waals surface area contributed by atoms with Crippen LogP contribution in [0.3, 0.4) is 0 Å². The normalized spacial score (nSPS) is 17.4. The number of nitrogens with one attached hydrogen (secondary N) is 2. The number of furan rings is 1. The predicted molar refractivity (Wildman–Crippen MR) is 92.4 cm³/mol. The van der Waals surface area contributed by atoms with Gasteiger partial charge < -0.3 is 19.3 Å². The number of pyridine rings is 1. The summed E-state index contributed by atoms with van der Waals surface area (Å²) in [4.78, 5) is 31.3. The third-order valence-electron chi connectivity index (χ3n) is 4.42. The van der Waals surface area contributed by atoms with Crippen molar-refractivity contribution in [3.8, 4) is 0 Å². The second-order valence-electron chi connectivity index (χ2n) is 6.62. The third-order valence-corrected chi connectivity index (χ3v) is 4.42. The molecule has 0 radical (unpaired) electrons. The monoisotopic (exact) mass is 357 g/mol. The van der Waals surface area contributed by atoms with Crippen LogP contribution in [0, 0.1) is 0 Å². The van der Waals surface area contributed by atoms with Crippen molar-refractivity contribution >= 4 is 11.7 Å². The van der Waals surface area contributed by atoms with Crippen molar-refractivity contribution in [2.75, 3.05) is 27.2 Å². The molecular formula is C19H23N3O4+2. The summed E-state index contributed by atoms with van der Waals surface area (Å²) in [6, 6.07) is 6.11. The molecule has 3 N–H and O–H groups in total. The summed E-state index contributed by atoms with van der Waals surface area (Å²) in [6.45, 7) is 1.32. The second kappa shape index (κ2) is 7.53. The van der Waals surface area contributed by atoms with Gasteiger partial charge in [-0.3, -0.25) is 9.59 Å². The molecule has 0 fully saturated rings. The topological polar surface area (TPSA) is 89.3 Å². The SMILES string of the molecule is C[NH+](C)CCCN1C(=O)C(O)=C(C(=O)c2ccco2)C1c1ccc[nH+]c1. The van der Waals surface area contributed by atoms with Crippen LogP contribution in [-0.4, -0.2) is 48.9 Å². The number of quaternary nitrogens is 1. The van der Waals surface area contributed by atoms with Crippen LogP contribution in [0.25, 0.3) is 0 Å². The second-order valence-corrected chi connectivity index (χ2v) is 6.62. The zero-order valence-corrected chi connectivity index (χ0v) is 14.9. The van der Waals surface area contributed by atoms with Crippen molar-refractivity contribution in [1.82, 2.24) is 4.90 Å². The van der Waals surface area contributed by atoms with Crippen LogP contribution in [0.15, 0.2) is 58.7 Å². The van der Waals surface area contributed by atoms with E-state index in [0.29, 0.717) is 6.54 Å². The van der Waals surface area contributed by atoms with Gasteiger partial charge in [0.2, 0.25) is 5.78 Å². The fourth-order valence-electron chi connectivity index (χ4n) is 3.18. The van der Waals surface area contributed by atoms with E-state index in [1.54, 1.807) is 29.4 Å². The molecule has 0 bridgehead atoms. The Kier molecular flexibility index (Phi) is 5.18. The van der Waals surface area contributed by atoms with E-state index < -0.39 is 23.5 Å². The van der Waals surface area contributed by atoms with Gasteiger partial charge in [0.15, 0.2) is 23.9 Å². The molecule has 2 aromatic rings. The van der Waals surface area contributed by atoms with Gasteiger partial charge in [-0.25, -0.2) is 4.98 Å². The molecule has 1 amide bonds. The Morgan fingerprint density at radius 1 is 1.35 bits per heavy atom. The van der Waals surface area contributed by atoms with Crippen molar-refractivity contribution in [2.24, 2.45) is 0 Å². The maximum absolute atomic E-state index is 12.9. The standard InChI is InChI=1S/C19H21N3O4/c1-21(2)9-5-10-22-16(13-6-3-8-20-12-13)15(18(24)19(22)25)17(23)14-7-4-11-26-14/h3-4,6-8,11-12,16,24H,5,9-10H2,1-2H3/p+2. The molecule has 7 heteroatoms. The highest BCUT2D eigenvalue weighted by molar-refractivity contribution is 6.14. The van der Waals surface area contributed by atoms with Gasteiger partial charge in [0.25, 0.3) is 5.91 Å². The Balaban J connectivity index is 1.97. The van der Waals surface area contributed by atoms with Gasteiger partial charge in [-0.05, 0) is 18.2 Å². The Morgan fingerprint density at radius 2 is 2.15 bits per heavy atom. The number of aliphatic hydroxyl groups excluding tert-OH is 1. The number of H-pyrrole nitrogens is 1. The summed E-state index contributed by atoms with van der Waals surface area (Å²) >= 11 is 0. The minimum absolute atomic E-state index is 0.0572. The molecule has 1 aliphatic heterocycles. The zero-order chi connectivity index (χ0) is 18.7. The number of rotatable bonds is 7. The number of aromatic amines is 1. The third kappa shape index (κ3) is 3.39. The van der Waals surface area contributed by atoms with Gasteiger partial charge in [-0.1, -0.05) is 0 Å². The highest BCUT2D eigenvalue weighted by Crippen LogP contribution is 2.38. The lowest BCUT2D eigenvalue weighted by atomic mass is 9.96. The minimum atomic E-state index is -0.644. The van der Waals surface area contributed by atoms with Crippen LogP contribution in [0.4, 0.5) is 0 Å². The van der Waals surface area contributed by atoms with Crippen LogP contribution >= 0.6 is 0 Å². The van der Waals surface area contributed by atoms with Crippen LogP contribution in [0.2, 0.25) is 0 Å². The first-order chi connectivity index (χ1) is 12.5. The van der Waals surface area contributed by atoms with Gasteiger partial charge in [0.05, 0.1) is 38.5 Å². The van der Waals surface area contributed by atoms with Crippen molar-refractivity contribution < 1.29 is 29.0 Å². The first-order valence-electron chi connectivity index (χ1n) is 8.58. The highest BCUT2D eigenvalue weighted by atomic mass is 16.3. The number of carbonyl (C=O) groups excluding carboxylic acids is 2. The largest absolute Gasteiger partial charge is 0.503 e. The molecule has 1 unspecified atom stereocenters. The summed E-state index contributed by atoms with van der Waals surface area (Å²) in [5, 5.41) is 10.4. The van der Waals surface area contributed by atoms with E-state index in [0.717, 1.165) is 18.5 Å². The Labute approximate surface area is 151 Å². The van der Waals surface area contributed by atoms with Crippen molar-refractivity contribution in [3.63, 3.8) is 0 Å². The molecule has 0 aromatic carbocycles. The number of hydrogen-bond acceptors (Lipinski definition) is 4. The quantitative estimate of drug-likeness (QED) is 0.693. The Bertz CT molecular complexity index is 813. The Morgan fingerprint density at radius 3 is 2.77 bits per heavy atom. The summed E-state index contributed by atoms with van der Waals surface area (Å²) in [7, 11) is 4.08. The molecule has 7 nitrogen and oxygen atoms in total. The zero-order valence-electron chi connectivity index (χ0n) is 14.9. The lowest BCUT2D eigenvalue weighted by Crippen LogP contribution is -3.05. The molecule has 1 aliphatic rings. The number of nitrogens with zero attached hydrogens (tertiary/aromatic N) is 1. The molecule has 136 valence electrons. The molecule has 0 aliphatic carbocycles. The van der Waals surface area contributed by atoms with Crippen LogP contribution < -0.4 is 9.88 Å². The number of amides is 1. The molecule has 0 spiro atoms. The summed E-state index contributed by atoms with van der Waals surface area (Å²) in [5.74, 6) is -1.40. The van der Waals surface area contributed by atoms with Gasteiger partial charge in [0, 0.05) is 24.6 Å². The average Bonchev–Trinajstić information content (AvgIpc) is 3.24. The van der Waals surface area contributed by atoms with Crippen molar-refractivity contribution in [2.45, 2.75) is 12.5 Å². The van der Waals surface area contributed by atoms with Crippen LogP contribution in [-0.2, 0) is 4.79 Å².